The summed E-state index contributed by atoms with van der Waals surface area (Å²) in [6.07, 6.45) is 2.43. The van der Waals surface area contributed by atoms with Gasteiger partial charge in [-0.1, -0.05) is 5.16 Å². The van der Waals surface area contributed by atoms with Crippen LogP contribution >= 0.6 is 0 Å². The summed E-state index contributed by atoms with van der Waals surface area (Å²) in [6, 6.07) is 1.48. The van der Waals surface area contributed by atoms with Crippen molar-refractivity contribution in [3.63, 3.8) is 0 Å². The van der Waals surface area contributed by atoms with Crippen molar-refractivity contribution in [2.45, 2.75) is 20.0 Å². The first-order valence-corrected chi connectivity index (χ1v) is 5.47. The van der Waals surface area contributed by atoms with E-state index in [2.05, 4.69) is 10.1 Å². The normalized spacial score (nSPS) is 11.0. The van der Waals surface area contributed by atoms with Crippen LogP contribution in [0.3, 0.4) is 0 Å². The third-order valence-corrected chi connectivity index (χ3v) is 2.52. The van der Waals surface area contributed by atoms with Gasteiger partial charge in [0.1, 0.15) is 5.82 Å². The van der Waals surface area contributed by atoms with Gasteiger partial charge in [-0.3, -0.25) is 9.36 Å². The molecule has 2 heterocycles. The fraction of sp³-hybridized carbons (Fsp3) is 0.364. The molecule has 0 aliphatic rings. The van der Waals surface area contributed by atoms with Gasteiger partial charge in [0.05, 0.1) is 12.2 Å². The number of imidazole rings is 1. The van der Waals surface area contributed by atoms with Gasteiger partial charge >= 0.3 is 6.55 Å². The zero-order valence-electron chi connectivity index (χ0n) is 10.4. The molecular formula is C11H12F2N4O2. The maximum absolute atomic E-state index is 12.6. The summed E-state index contributed by atoms with van der Waals surface area (Å²) in [5.41, 5.74) is 0.575. The zero-order chi connectivity index (χ0) is 14.0. The molecule has 0 aliphatic heterocycles. The van der Waals surface area contributed by atoms with Gasteiger partial charge in [0, 0.05) is 25.5 Å². The molecule has 19 heavy (non-hydrogen) atoms. The summed E-state index contributed by atoms with van der Waals surface area (Å²) in [6.45, 7) is -1.05. The molecule has 0 aliphatic carbocycles. The van der Waals surface area contributed by atoms with Crippen LogP contribution in [-0.4, -0.2) is 32.6 Å². The Hall–Kier alpha value is -2.25. The molecule has 0 radical (unpaired) electrons. The van der Waals surface area contributed by atoms with Crippen LogP contribution in [0.1, 0.15) is 28.6 Å². The van der Waals surface area contributed by atoms with Crippen molar-refractivity contribution < 1.29 is 18.1 Å². The van der Waals surface area contributed by atoms with Crippen LogP contribution in [0.25, 0.3) is 0 Å². The Morgan fingerprint density at radius 1 is 1.58 bits per heavy atom. The molecule has 0 bridgehead atoms. The Morgan fingerprint density at radius 3 is 2.89 bits per heavy atom. The van der Waals surface area contributed by atoms with Crippen LogP contribution in [-0.2, 0) is 6.54 Å². The number of halogens is 2. The molecule has 0 fully saturated rings. The lowest BCUT2D eigenvalue weighted by atomic mass is 10.3. The number of aryl methyl sites for hydroxylation is 1. The molecule has 102 valence electrons. The number of carbonyl (C=O) groups excluding carboxylic acids is 1. The average Bonchev–Trinajstić information content (AvgIpc) is 2.97. The monoisotopic (exact) mass is 270 g/mol. The quantitative estimate of drug-likeness (QED) is 0.850. The van der Waals surface area contributed by atoms with Crippen molar-refractivity contribution in [1.29, 1.82) is 0 Å². The van der Waals surface area contributed by atoms with Crippen LogP contribution < -0.4 is 0 Å². The molecular weight excluding hydrogens is 258 g/mol. The molecule has 0 saturated heterocycles. The van der Waals surface area contributed by atoms with Crippen molar-refractivity contribution in [3.05, 3.63) is 35.7 Å². The van der Waals surface area contributed by atoms with Crippen LogP contribution in [0.15, 0.2) is 23.0 Å². The summed E-state index contributed by atoms with van der Waals surface area (Å²) in [5, 5.41) is 3.60. The fourth-order valence-corrected chi connectivity index (χ4v) is 1.58. The van der Waals surface area contributed by atoms with Crippen LogP contribution in [0.2, 0.25) is 0 Å². The van der Waals surface area contributed by atoms with Crippen molar-refractivity contribution >= 4 is 5.91 Å². The Balaban J connectivity index is 2.10. The maximum Gasteiger partial charge on any atom is 0.319 e. The molecule has 2 aromatic rings. The summed E-state index contributed by atoms with van der Waals surface area (Å²) in [4.78, 5) is 17.0. The number of hydrogen-bond acceptors (Lipinski definition) is 4. The van der Waals surface area contributed by atoms with Gasteiger partial charge in [-0.25, -0.2) is 4.98 Å². The van der Waals surface area contributed by atoms with Crippen molar-refractivity contribution in [2.75, 3.05) is 7.05 Å². The van der Waals surface area contributed by atoms with E-state index >= 15 is 0 Å². The molecule has 0 spiro atoms. The van der Waals surface area contributed by atoms with Crippen LogP contribution in [0.5, 0.6) is 0 Å². The summed E-state index contributed by atoms with van der Waals surface area (Å²) in [7, 11) is 1.48. The lowest BCUT2D eigenvalue weighted by Crippen LogP contribution is -2.27. The highest BCUT2D eigenvalue weighted by molar-refractivity contribution is 5.91. The van der Waals surface area contributed by atoms with Crippen LogP contribution in [0, 0.1) is 6.92 Å². The van der Waals surface area contributed by atoms with E-state index in [4.69, 9.17) is 4.52 Å². The number of aromatic nitrogens is 3. The minimum atomic E-state index is -2.69. The van der Waals surface area contributed by atoms with Gasteiger partial charge in [-0.2, -0.15) is 8.78 Å². The Labute approximate surface area is 107 Å². The Bertz CT molecular complexity index is 579. The highest BCUT2D eigenvalue weighted by Gasteiger charge is 2.20. The second kappa shape index (κ2) is 5.17. The van der Waals surface area contributed by atoms with E-state index in [0.717, 1.165) is 6.20 Å². The van der Waals surface area contributed by atoms with E-state index in [9.17, 15) is 13.6 Å². The second-order valence-electron chi connectivity index (χ2n) is 4.02. The van der Waals surface area contributed by atoms with Gasteiger partial charge in [-0.05, 0) is 6.92 Å². The van der Waals surface area contributed by atoms with Crippen LogP contribution in [0.4, 0.5) is 8.78 Å². The predicted molar refractivity (Wildman–Crippen MR) is 60.5 cm³/mol. The molecule has 0 atom stereocenters. The number of amides is 1. The first-order chi connectivity index (χ1) is 8.99. The highest BCUT2D eigenvalue weighted by atomic mass is 19.3. The average molecular weight is 270 g/mol. The maximum atomic E-state index is 12.6. The standard InChI is InChI=1S/C11H12F2N4O2/c1-7-5-8(19-15-7)10(18)16(2)6-9-14-3-4-17(9)11(12)13/h3-5,11H,6H2,1-2H3. The van der Waals surface area contributed by atoms with Gasteiger partial charge in [0.2, 0.25) is 5.76 Å². The van der Waals surface area contributed by atoms with E-state index in [-0.39, 0.29) is 18.1 Å². The van der Waals surface area contributed by atoms with Gasteiger partial charge < -0.3 is 9.42 Å². The molecule has 0 aromatic carbocycles. The lowest BCUT2D eigenvalue weighted by molar-refractivity contribution is 0.0601. The number of hydrogen-bond donors (Lipinski definition) is 0. The highest BCUT2D eigenvalue weighted by Crippen LogP contribution is 2.14. The molecule has 0 N–H and O–H groups in total. The first-order valence-electron chi connectivity index (χ1n) is 5.47. The number of carbonyl (C=O) groups is 1. The lowest BCUT2D eigenvalue weighted by Gasteiger charge is -2.15. The molecule has 0 unspecified atom stereocenters. The summed E-state index contributed by atoms with van der Waals surface area (Å²) >= 11 is 0. The van der Waals surface area contributed by atoms with E-state index in [1.807, 2.05) is 0 Å². The van der Waals surface area contributed by atoms with Gasteiger partial charge in [-0.15, -0.1) is 0 Å². The molecule has 8 heteroatoms. The van der Waals surface area contributed by atoms with E-state index < -0.39 is 12.5 Å². The van der Waals surface area contributed by atoms with E-state index in [1.165, 1.54) is 24.2 Å². The van der Waals surface area contributed by atoms with Crippen molar-refractivity contribution in [2.24, 2.45) is 0 Å². The summed E-state index contributed by atoms with van der Waals surface area (Å²) in [5.74, 6) is -0.276. The predicted octanol–water partition coefficient (Wildman–Crippen LogP) is 1.85. The van der Waals surface area contributed by atoms with Crippen molar-refractivity contribution in [3.8, 4) is 0 Å². The zero-order valence-corrected chi connectivity index (χ0v) is 10.4. The van der Waals surface area contributed by atoms with E-state index in [0.29, 0.717) is 10.3 Å². The molecule has 2 aromatic heterocycles. The molecule has 2 rings (SSSR count). The van der Waals surface area contributed by atoms with Gasteiger partial charge in [0.25, 0.3) is 5.91 Å². The minimum absolute atomic E-state index is 0.0457. The SMILES string of the molecule is Cc1cc(C(=O)N(C)Cc2nccn2C(F)F)on1. The topological polar surface area (TPSA) is 64.2 Å². The fourth-order valence-electron chi connectivity index (χ4n) is 1.58. The third kappa shape index (κ3) is 2.78. The summed E-state index contributed by atoms with van der Waals surface area (Å²) < 4.78 is 30.8. The molecule has 1 amide bonds. The minimum Gasteiger partial charge on any atom is -0.351 e. The third-order valence-electron chi connectivity index (χ3n) is 2.52. The number of nitrogens with zero attached hydrogens (tertiary/aromatic N) is 4. The molecule has 6 nitrogen and oxygen atoms in total. The Morgan fingerprint density at radius 2 is 2.32 bits per heavy atom. The largest absolute Gasteiger partial charge is 0.351 e. The van der Waals surface area contributed by atoms with Crippen molar-refractivity contribution in [1.82, 2.24) is 19.6 Å². The number of alkyl halides is 2. The Kier molecular flexibility index (Phi) is 3.59. The van der Waals surface area contributed by atoms with Gasteiger partial charge in [0.15, 0.2) is 0 Å². The number of rotatable bonds is 4. The smallest absolute Gasteiger partial charge is 0.319 e. The second-order valence-corrected chi connectivity index (χ2v) is 4.02. The first kappa shape index (κ1) is 13.2. The molecule has 0 saturated carbocycles. The van der Waals surface area contributed by atoms with E-state index in [1.54, 1.807) is 6.92 Å².